The van der Waals surface area contributed by atoms with Gasteiger partial charge in [0.15, 0.2) is 0 Å². The summed E-state index contributed by atoms with van der Waals surface area (Å²) in [6.45, 7) is 9.21. The van der Waals surface area contributed by atoms with Gasteiger partial charge in [-0.25, -0.2) is 0 Å². The summed E-state index contributed by atoms with van der Waals surface area (Å²) in [5, 5.41) is 4.95. The Balaban J connectivity index is 2.37. The minimum atomic E-state index is -0.0510. The lowest BCUT2D eigenvalue weighted by Gasteiger charge is -2.29. The molecule has 0 aliphatic carbocycles. The summed E-state index contributed by atoms with van der Waals surface area (Å²) < 4.78 is 7.81. The van der Waals surface area contributed by atoms with Gasteiger partial charge < -0.3 is 4.74 Å². The molecule has 5 atom stereocenters. The van der Waals surface area contributed by atoms with Gasteiger partial charge >= 0.3 is 0 Å². The lowest BCUT2D eigenvalue weighted by Crippen LogP contribution is -2.40. The topological polar surface area (TPSA) is 65.1 Å². The van der Waals surface area contributed by atoms with Crippen LogP contribution in [0.4, 0.5) is 0 Å². The maximum absolute atomic E-state index is 6.29. The van der Waals surface area contributed by atoms with Crippen molar-refractivity contribution in [1.29, 1.82) is 0 Å². The lowest BCUT2D eigenvalue weighted by molar-refractivity contribution is 0.0471. The number of hydrogen-bond acceptors (Lipinski definition) is 4. The van der Waals surface area contributed by atoms with Crippen LogP contribution in [-0.4, -0.2) is 22.0 Å². The SMILES string of the molecule is CCn1ncc(Cl)c1C(NN)C1C(C)OC(C)C1C. The number of nitrogens with two attached hydrogens (primary N) is 1. The molecule has 0 spiro atoms. The smallest absolute Gasteiger partial charge is 0.0834 e. The Kier molecular flexibility index (Phi) is 4.50. The third kappa shape index (κ3) is 2.52. The first-order valence-electron chi connectivity index (χ1n) is 6.84. The molecule has 2 rings (SSSR count). The van der Waals surface area contributed by atoms with Gasteiger partial charge in [0, 0.05) is 12.5 Å². The van der Waals surface area contributed by atoms with Crippen LogP contribution < -0.4 is 11.3 Å². The van der Waals surface area contributed by atoms with Crippen molar-refractivity contribution in [3.8, 4) is 0 Å². The average molecular weight is 287 g/mol. The van der Waals surface area contributed by atoms with Crippen molar-refractivity contribution in [2.45, 2.75) is 52.5 Å². The van der Waals surface area contributed by atoms with Gasteiger partial charge in [-0.15, -0.1) is 0 Å². The van der Waals surface area contributed by atoms with E-state index in [1.807, 2.05) is 11.6 Å². The minimum absolute atomic E-state index is 0.0510. The highest BCUT2D eigenvalue weighted by molar-refractivity contribution is 6.31. The number of hydrogen-bond donors (Lipinski definition) is 2. The van der Waals surface area contributed by atoms with E-state index in [0.717, 1.165) is 12.2 Å². The van der Waals surface area contributed by atoms with Gasteiger partial charge in [-0.1, -0.05) is 18.5 Å². The molecule has 1 saturated heterocycles. The Morgan fingerprint density at radius 1 is 1.47 bits per heavy atom. The summed E-state index contributed by atoms with van der Waals surface area (Å²) in [5.74, 6) is 6.49. The number of aryl methyl sites for hydroxylation is 1. The van der Waals surface area contributed by atoms with Crippen LogP contribution in [0.15, 0.2) is 6.20 Å². The maximum Gasteiger partial charge on any atom is 0.0834 e. The second-order valence-electron chi connectivity index (χ2n) is 5.32. The third-order valence-corrected chi connectivity index (χ3v) is 4.60. The van der Waals surface area contributed by atoms with Crippen LogP contribution in [0.3, 0.4) is 0 Å². The summed E-state index contributed by atoms with van der Waals surface area (Å²) >= 11 is 6.29. The number of aromatic nitrogens is 2. The normalized spacial score (nSPS) is 32.7. The largest absolute Gasteiger partial charge is 0.375 e. The van der Waals surface area contributed by atoms with Crippen LogP contribution in [-0.2, 0) is 11.3 Å². The highest BCUT2D eigenvalue weighted by Crippen LogP contribution is 2.41. The number of halogens is 1. The second kappa shape index (κ2) is 5.79. The van der Waals surface area contributed by atoms with Crippen LogP contribution in [0.5, 0.6) is 0 Å². The fraction of sp³-hybridized carbons (Fsp3) is 0.769. The van der Waals surface area contributed by atoms with Crippen molar-refractivity contribution in [3.05, 3.63) is 16.9 Å². The summed E-state index contributed by atoms with van der Waals surface area (Å²) in [4.78, 5) is 0. The Morgan fingerprint density at radius 2 is 2.16 bits per heavy atom. The molecule has 3 N–H and O–H groups in total. The number of hydrazine groups is 1. The predicted octanol–water partition coefficient (Wildman–Crippen LogP) is 2.12. The molecule has 0 amide bonds. The number of nitrogens with one attached hydrogen (secondary N) is 1. The maximum atomic E-state index is 6.29. The van der Waals surface area contributed by atoms with E-state index in [1.165, 1.54) is 0 Å². The second-order valence-corrected chi connectivity index (χ2v) is 5.73. The van der Waals surface area contributed by atoms with E-state index in [0.29, 0.717) is 10.9 Å². The van der Waals surface area contributed by atoms with Crippen molar-refractivity contribution in [1.82, 2.24) is 15.2 Å². The number of nitrogens with zero attached hydrogens (tertiary/aromatic N) is 2. The van der Waals surface area contributed by atoms with E-state index in [-0.39, 0.29) is 24.2 Å². The van der Waals surface area contributed by atoms with Crippen molar-refractivity contribution in [2.24, 2.45) is 17.7 Å². The summed E-state index contributed by atoms with van der Waals surface area (Å²) in [6, 6.07) is -0.0510. The van der Waals surface area contributed by atoms with E-state index in [1.54, 1.807) is 6.20 Å². The van der Waals surface area contributed by atoms with Crippen LogP contribution in [0.25, 0.3) is 0 Å². The fourth-order valence-corrected chi connectivity index (χ4v) is 3.43. The molecular formula is C13H23ClN4O. The molecule has 6 heteroatoms. The van der Waals surface area contributed by atoms with Crippen LogP contribution in [0.1, 0.15) is 39.4 Å². The number of rotatable bonds is 4. The average Bonchev–Trinajstić information content (AvgIpc) is 2.86. The molecule has 1 fully saturated rings. The zero-order valence-electron chi connectivity index (χ0n) is 11.9. The molecule has 19 heavy (non-hydrogen) atoms. The van der Waals surface area contributed by atoms with E-state index in [2.05, 4.69) is 31.3 Å². The monoisotopic (exact) mass is 286 g/mol. The molecule has 108 valence electrons. The van der Waals surface area contributed by atoms with E-state index >= 15 is 0 Å². The first-order valence-corrected chi connectivity index (χ1v) is 7.21. The van der Waals surface area contributed by atoms with E-state index in [4.69, 9.17) is 22.2 Å². The number of ether oxygens (including phenoxy) is 1. The minimum Gasteiger partial charge on any atom is -0.375 e. The fourth-order valence-electron chi connectivity index (χ4n) is 3.17. The molecule has 1 aromatic heterocycles. The highest BCUT2D eigenvalue weighted by Gasteiger charge is 2.43. The van der Waals surface area contributed by atoms with Gasteiger partial charge in [-0.05, 0) is 26.7 Å². The first kappa shape index (κ1) is 14.8. The van der Waals surface area contributed by atoms with Crippen molar-refractivity contribution in [2.75, 3.05) is 0 Å². The van der Waals surface area contributed by atoms with E-state index < -0.39 is 0 Å². The van der Waals surface area contributed by atoms with Gasteiger partial charge in [0.1, 0.15) is 0 Å². The summed E-state index contributed by atoms with van der Waals surface area (Å²) in [6.07, 6.45) is 2.05. The van der Waals surface area contributed by atoms with Crippen LogP contribution >= 0.6 is 11.6 Å². The molecule has 0 radical (unpaired) electrons. The van der Waals surface area contributed by atoms with Gasteiger partial charge in [-0.3, -0.25) is 16.0 Å². The molecular weight excluding hydrogens is 264 g/mol. The van der Waals surface area contributed by atoms with E-state index in [9.17, 15) is 0 Å². The predicted molar refractivity (Wildman–Crippen MR) is 75.6 cm³/mol. The zero-order chi connectivity index (χ0) is 14.2. The van der Waals surface area contributed by atoms with Gasteiger partial charge in [0.05, 0.1) is 35.2 Å². The van der Waals surface area contributed by atoms with Crippen LogP contribution in [0.2, 0.25) is 5.02 Å². The summed E-state index contributed by atoms with van der Waals surface area (Å²) in [5.41, 5.74) is 3.87. The van der Waals surface area contributed by atoms with Crippen molar-refractivity contribution < 1.29 is 4.74 Å². The zero-order valence-corrected chi connectivity index (χ0v) is 12.7. The van der Waals surface area contributed by atoms with Gasteiger partial charge in [0.25, 0.3) is 0 Å². The highest BCUT2D eigenvalue weighted by atomic mass is 35.5. The third-order valence-electron chi connectivity index (χ3n) is 4.31. The molecule has 2 heterocycles. The quantitative estimate of drug-likeness (QED) is 0.657. The first-order chi connectivity index (χ1) is 9.01. The van der Waals surface area contributed by atoms with Crippen LogP contribution in [0, 0.1) is 11.8 Å². The molecule has 5 unspecified atom stereocenters. The molecule has 0 saturated carbocycles. The Hall–Kier alpha value is -0.620. The molecule has 1 aliphatic heterocycles. The lowest BCUT2D eigenvalue weighted by atomic mass is 9.82. The Labute approximate surface area is 119 Å². The molecule has 5 nitrogen and oxygen atoms in total. The molecule has 1 aromatic rings. The molecule has 1 aliphatic rings. The van der Waals surface area contributed by atoms with Gasteiger partial charge in [0.2, 0.25) is 0 Å². The Morgan fingerprint density at radius 3 is 2.63 bits per heavy atom. The van der Waals surface area contributed by atoms with Crippen molar-refractivity contribution >= 4 is 11.6 Å². The molecule has 0 bridgehead atoms. The standard InChI is InChI=1S/C13H23ClN4O/c1-5-18-13(10(14)6-16-18)12(17-15)11-7(2)8(3)19-9(11)4/h6-9,11-12,17H,5,15H2,1-4H3. The molecule has 0 aromatic carbocycles. The van der Waals surface area contributed by atoms with Crippen molar-refractivity contribution in [3.63, 3.8) is 0 Å². The summed E-state index contributed by atoms with van der Waals surface area (Å²) in [7, 11) is 0. The van der Waals surface area contributed by atoms with Gasteiger partial charge in [-0.2, -0.15) is 5.10 Å². The Bertz CT molecular complexity index is 436.